The maximum absolute atomic E-state index is 13.1. The minimum Gasteiger partial charge on any atom is -0.337 e. The molecule has 1 amide bonds. The summed E-state index contributed by atoms with van der Waals surface area (Å²) < 4.78 is 52.8. The number of benzene rings is 1. The minimum atomic E-state index is -3.61. The SMILES string of the molecule is Cc1nn([C@H]2CCS(=O)(=O)C2)c(C)c1CN(C)C(=O)c1cccc(S(=O)(=O)N2CCCC2)c1. The van der Waals surface area contributed by atoms with Gasteiger partial charge in [-0.05, 0) is 51.3 Å². The van der Waals surface area contributed by atoms with E-state index in [0.29, 0.717) is 31.6 Å². The lowest BCUT2D eigenvalue weighted by atomic mass is 10.1. The van der Waals surface area contributed by atoms with Gasteiger partial charge < -0.3 is 4.90 Å². The van der Waals surface area contributed by atoms with Gasteiger partial charge in [-0.2, -0.15) is 9.40 Å². The molecule has 180 valence electrons. The molecule has 2 aromatic rings. The van der Waals surface area contributed by atoms with Crippen molar-refractivity contribution in [1.82, 2.24) is 19.0 Å². The lowest BCUT2D eigenvalue weighted by molar-refractivity contribution is 0.0784. The van der Waals surface area contributed by atoms with Crippen molar-refractivity contribution >= 4 is 25.8 Å². The number of amides is 1. The van der Waals surface area contributed by atoms with Gasteiger partial charge in [0.05, 0.1) is 28.1 Å². The predicted octanol–water partition coefficient (Wildman–Crippen LogP) is 1.92. The van der Waals surface area contributed by atoms with E-state index in [0.717, 1.165) is 29.8 Å². The molecule has 0 N–H and O–H groups in total. The first-order chi connectivity index (χ1) is 15.5. The van der Waals surface area contributed by atoms with Crippen molar-refractivity contribution in [3.05, 3.63) is 46.8 Å². The highest BCUT2D eigenvalue weighted by Gasteiger charge is 2.32. The average Bonchev–Trinajstić information content (AvgIpc) is 3.50. The molecule has 0 unspecified atom stereocenters. The Morgan fingerprint density at radius 1 is 1.21 bits per heavy atom. The second-order valence-electron chi connectivity index (χ2n) is 8.95. The third kappa shape index (κ3) is 4.71. The van der Waals surface area contributed by atoms with Crippen LogP contribution in [0.1, 0.15) is 52.6 Å². The van der Waals surface area contributed by atoms with E-state index in [4.69, 9.17) is 0 Å². The molecule has 0 radical (unpaired) electrons. The average molecular weight is 495 g/mol. The van der Waals surface area contributed by atoms with Crippen LogP contribution in [0.3, 0.4) is 0 Å². The highest BCUT2D eigenvalue weighted by Crippen LogP contribution is 2.28. The van der Waals surface area contributed by atoms with Crippen molar-refractivity contribution in [3.63, 3.8) is 0 Å². The molecule has 4 rings (SSSR count). The Kier molecular flexibility index (Phi) is 6.41. The molecule has 3 heterocycles. The fraction of sp³-hybridized carbons (Fsp3) is 0.545. The van der Waals surface area contributed by atoms with Crippen LogP contribution in [0.15, 0.2) is 29.2 Å². The smallest absolute Gasteiger partial charge is 0.253 e. The number of aryl methyl sites for hydroxylation is 1. The molecule has 2 aliphatic heterocycles. The number of carbonyl (C=O) groups is 1. The van der Waals surface area contributed by atoms with E-state index < -0.39 is 19.9 Å². The largest absolute Gasteiger partial charge is 0.337 e. The number of nitrogens with zero attached hydrogens (tertiary/aromatic N) is 4. The van der Waals surface area contributed by atoms with Crippen LogP contribution < -0.4 is 0 Å². The van der Waals surface area contributed by atoms with E-state index in [-0.39, 0.29) is 28.4 Å². The Morgan fingerprint density at radius 3 is 2.55 bits per heavy atom. The molecule has 1 aromatic heterocycles. The van der Waals surface area contributed by atoms with Gasteiger partial charge in [0.25, 0.3) is 5.91 Å². The van der Waals surface area contributed by atoms with Gasteiger partial charge in [-0.25, -0.2) is 16.8 Å². The van der Waals surface area contributed by atoms with E-state index in [9.17, 15) is 21.6 Å². The molecule has 0 saturated carbocycles. The van der Waals surface area contributed by atoms with Gasteiger partial charge in [0.2, 0.25) is 10.0 Å². The molecule has 0 aliphatic carbocycles. The summed E-state index contributed by atoms with van der Waals surface area (Å²) >= 11 is 0. The van der Waals surface area contributed by atoms with E-state index in [2.05, 4.69) is 5.10 Å². The number of aromatic nitrogens is 2. The molecule has 2 aliphatic rings. The zero-order chi connectivity index (χ0) is 24.0. The maximum atomic E-state index is 13.1. The highest BCUT2D eigenvalue weighted by atomic mass is 32.2. The number of sulfonamides is 1. The van der Waals surface area contributed by atoms with Crippen LogP contribution in [-0.4, -0.2) is 73.4 Å². The summed E-state index contributed by atoms with van der Waals surface area (Å²) in [7, 11) is -4.98. The van der Waals surface area contributed by atoms with Gasteiger partial charge in [-0.1, -0.05) is 6.07 Å². The third-order valence-electron chi connectivity index (χ3n) is 6.55. The van der Waals surface area contributed by atoms with Gasteiger partial charge in [0, 0.05) is 43.5 Å². The molecule has 0 spiro atoms. The zero-order valence-corrected chi connectivity index (χ0v) is 20.8. The maximum Gasteiger partial charge on any atom is 0.253 e. The molecule has 1 aromatic carbocycles. The molecule has 1 atom stereocenters. The van der Waals surface area contributed by atoms with Crippen LogP contribution in [0.5, 0.6) is 0 Å². The van der Waals surface area contributed by atoms with Crippen LogP contribution in [0.2, 0.25) is 0 Å². The fourth-order valence-corrected chi connectivity index (χ4v) is 7.90. The summed E-state index contributed by atoms with van der Waals surface area (Å²) in [4.78, 5) is 14.8. The first kappa shape index (κ1) is 23.9. The standard InChI is InChI=1S/C22H30N4O5S2/c1-16-21(17(2)26(23-16)19-9-12-32(28,29)15-19)14-24(3)22(27)18-7-6-8-20(13-18)33(30,31)25-10-4-5-11-25/h6-8,13,19H,4-5,9-12,14-15H2,1-3H3/t19-/m0/s1. The molecule has 2 fully saturated rings. The van der Waals surface area contributed by atoms with Crippen LogP contribution in [0.25, 0.3) is 0 Å². The summed E-state index contributed by atoms with van der Waals surface area (Å²) in [5.41, 5.74) is 2.78. The first-order valence-electron chi connectivity index (χ1n) is 11.1. The van der Waals surface area contributed by atoms with E-state index >= 15 is 0 Å². The monoisotopic (exact) mass is 494 g/mol. The summed E-state index contributed by atoms with van der Waals surface area (Å²) in [6.07, 6.45) is 2.23. The first-order valence-corrected chi connectivity index (χ1v) is 14.4. The zero-order valence-electron chi connectivity index (χ0n) is 19.2. The van der Waals surface area contributed by atoms with Gasteiger partial charge in [0.1, 0.15) is 0 Å². The van der Waals surface area contributed by atoms with Crippen LogP contribution in [0.4, 0.5) is 0 Å². The molecule has 2 saturated heterocycles. The number of hydrogen-bond donors (Lipinski definition) is 0. The van der Waals surface area contributed by atoms with Gasteiger partial charge in [0.15, 0.2) is 9.84 Å². The number of rotatable bonds is 6. The Labute approximate surface area is 195 Å². The second-order valence-corrected chi connectivity index (χ2v) is 13.1. The van der Waals surface area contributed by atoms with Crippen LogP contribution in [-0.2, 0) is 26.4 Å². The Hall–Kier alpha value is -2.24. The van der Waals surface area contributed by atoms with E-state index in [1.54, 1.807) is 23.9 Å². The Balaban J connectivity index is 1.53. The topological polar surface area (TPSA) is 110 Å². The van der Waals surface area contributed by atoms with Crippen molar-refractivity contribution in [2.45, 2.75) is 50.6 Å². The molecular formula is C22H30N4O5S2. The van der Waals surface area contributed by atoms with Crippen molar-refractivity contribution in [2.75, 3.05) is 31.6 Å². The molecule has 9 nitrogen and oxygen atoms in total. The predicted molar refractivity (Wildman–Crippen MR) is 124 cm³/mol. The summed E-state index contributed by atoms with van der Waals surface area (Å²) in [5, 5.41) is 4.56. The fourth-order valence-electron chi connectivity index (χ4n) is 4.65. The van der Waals surface area contributed by atoms with Crippen molar-refractivity contribution in [1.29, 1.82) is 0 Å². The van der Waals surface area contributed by atoms with Crippen molar-refractivity contribution in [3.8, 4) is 0 Å². The number of hydrogen-bond acceptors (Lipinski definition) is 6. The van der Waals surface area contributed by atoms with Gasteiger partial charge >= 0.3 is 0 Å². The summed E-state index contributed by atoms with van der Waals surface area (Å²) in [6.45, 7) is 5.04. The summed E-state index contributed by atoms with van der Waals surface area (Å²) in [5.74, 6) is -0.0366. The molecular weight excluding hydrogens is 464 g/mol. The van der Waals surface area contributed by atoms with Gasteiger partial charge in [-0.15, -0.1) is 0 Å². The van der Waals surface area contributed by atoms with Crippen molar-refractivity contribution < 1.29 is 21.6 Å². The normalized spacial score (nSPS) is 20.9. The molecule has 11 heteroatoms. The third-order valence-corrected chi connectivity index (χ3v) is 10.2. The van der Waals surface area contributed by atoms with E-state index in [1.165, 1.54) is 21.3 Å². The Morgan fingerprint density at radius 2 is 1.91 bits per heavy atom. The lowest BCUT2D eigenvalue weighted by Gasteiger charge is -2.19. The molecule has 33 heavy (non-hydrogen) atoms. The minimum absolute atomic E-state index is 0.0848. The molecule has 0 bridgehead atoms. The van der Waals surface area contributed by atoms with Gasteiger partial charge in [-0.3, -0.25) is 9.48 Å². The van der Waals surface area contributed by atoms with Crippen LogP contribution in [0, 0.1) is 13.8 Å². The number of carbonyl (C=O) groups excluding carboxylic acids is 1. The lowest BCUT2D eigenvalue weighted by Crippen LogP contribution is -2.29. The quantitative estimate of drug-likeness (QED) is 0.607. The second kappa shape index (κ2) is 8.84. The van der Waals surface area contributed by atoms with E-state index in [1.807, 2.05) is 13.8 Å². The van der Waals surface area contributed by atoms with Crippen LogP contribution >= 0.6 is 0 Å². The van der Waals surface area contributed by atoms with Crippen molar-refractivity contribution in [2.24, 2.45) is 0 Å². The number of sulfone groups is 1. The highest BCUT2D eigenvalue weighted by molar-refractivity contribution is 7.91. The summed E-state index contributed by atoms with van der Waals surface area (Å²) in [6, 6.07) is 6.00. The Bertz CT molecular complexity index is 1280.